The first-order chi connectivity index (χ1) is 10.4. The van der Waals surface area contributed by atoms with Crippen LogP contribution in [0.1, 0.15) is 11.1 Å². The van der Waals surface area contributed by atoms with Crippen LogP contribution >= 0.6 is 0 Å². The van der Waals surface area contributed by atoms with E-state index in [1.807, 2.05) is 12.1 Å². The Morgan fingerprint density at radius 1 is 0.667 bits per heavy atom. The quantitative estimate of drug-likeness (QED) is 0.427. The van der Waals surface area contributed by atoms with Gasteiger partial charge in [-0.25, -0.2) is 0 Å². The molecule has 21 heavy (non-hydrogen) atoms. The van der Waals surface area contributed by atoms with E-state index in [1.165, 1.54) is 32.7 Å². The number of hydrogen-bond acceptors (Lipinski definition) is 0. The highest BCUT2D eigenvalue weighted by Gasteiger charge is 2.04. The Hall–Kier alpha value is -2.60. The van der Waals surface area contributed by atoms with Gasteiger partial charge in [-0.05, 0) is 57.3 Å². The van der Waals surface area contributed by atoms with Gasteiger partial charge < -0.3 is 0 Å². The minimum Gasteiger partial charge on any atom is -0.0616 e. The van der Waals surface area contributed by atoms with Crippen LogP contribution in [-0.4, -0.2) is 0 Å². The van der Waals surface area contributed by atoms with Gasteiger partial charge in [0.05, 0.1) is 0 Å². The summed E-state index contributed by atoms with van der Waals surface area (Å²) in [6.45, 7) is 0. The lowest BCUT2D eigenvalue weighted by Gasteiger charge is -2.08. The summed E-state index contributed by atoms with van der Waals surface area (Å²) >= 11 is 0. The molecule has 0 heteroatoms. The van der Waals surface area contributed by atoms with Crippen LogP contribution in [0.4, 0.5) is 0 Å². The highest BCUT2D eigenvalue weighted by molar-refractivity contribution is 5.99. The zero-order chi connectivity index (χ0) is 14.1. The number of fused-ring (bicyclic) bond motifs is 2. The van der Waals surface area contributed by atoms with E-state index >= 15 is 0 Å². The van der Waals surface area contributed by atoms with Gasteiger partial charge in [0, 0.05) is 0 Å². The van der Waals surface area contributed by atoms with E-state index in [1.54, 1.807) is 0 Å². The fourth-order valence-corrected chi connectivity index (χ4v) is 2.94. The van der Waals surface area contributed by atoms with Crippen LogP contribution in [0.25, 0.3) is 21.5 Å². The Labute approximate surface area is 124 Å². The molecule has 0 unspecified atom stereocenters. The van der Waals surface area contributed by atoms with Gasteiger partial charge in [0.1, 0.15) is 0 Å². The van der Waals surface area contributed by atoms with Crippen molar-refractivity contribution in [3.05, 3.63) is 96.1 Å². The molecule has 0 aliphatic rings. The maximum atomic E-state index is 3.08. The zero-order valence-corrected chi connectivity index (χ0v) is 11.7. The minimum atomic E-state index is 0.963. The molecule has 0 aromatic heterocycles. The number of hydrogen-bond donors (Lipinski definition) is 0. The van der Waals surface area contributed by atoms with Gasteiger partial charge in [-0.1, -0.05) is 66.7 Å². The smallest absolute Gasteiger partial charge is 0.00196 e. The van der Waals surface area contributed by atoms with Gasteiger partial charge >= 0.3 is 0 Å². The summed E-state index contributed by atoms with van der Waals surface area (Å²) in [6.07, 6.45) is 0.963. The lowest BCUT2D eigenvalue weighted by Crippen LogP contribution is -1.90. The van der Waals surface area contributed by atoms with E-state index in [0.29, 0.717) is 0 Å². The van der Waals surface area contributed by atoms with E-state index in [-0.39, 0.29) is 0 Å². The number of benzene rings is 4. The van der Waals surface area contributed by atoms with Crippen molar-refractivity contribution in [1.82, 2.24) is 0 Å². The summed E-state index contributed by atoms with van der Waals surface area (Å²) in [7, 11) is 0. The highest BCUT2D eigenvalue weighted by Crippen LogP contribution is 2.26. The monoisotopic (exact) mass is 267 g/mol. The van der Waals surface area contributed by atoms with Gasteiger partial charge in [0.15, 0.2) is 0 Å². The summed E-state index contributed by atoms with van der Waals surface area (Å²) in [5.74, 6) is 0. The maximum Gasteiger partial charge on any atom is -0.00196 e. The normalized spacial score (nSPS) is 11.0. The summed E-state index contributed by atoms with van der Waals surface area (Å²) in [4.78, 5) is 0. The molecule has 99 valence electrons. The second-order valence-corrected chi connectivity index (χ2v) is 5.42. The molecule has 0 fully saturated rings. The molecule has 0 aliphatic heterocycles. The van der Waals surface area contributed by atoms with Gasteiger partial charge in [-0.2, -0.15) is 0 Å². The molecular formula is C21H15. The maximum absolute atomic E-state index is 3.08. The van der Waals surface area contributed by atoms with Gasteiger partial charge in [-0.15, -0.1) is 0 Å². The molecule has 0 atom stereocenters. The van der Waals surface area contributed by atoms with Crippen molar-refractivity contribution in [2.45, 2.75) is 6.42 Å². The molecule has 4 aromatic carbocycles. The summed E-state index contributed by atoms with van der Waals surface area (Å²) in [6, 6.07) is 31.1. The standard InChI is InChI=1S/C21H15/c1-2-7-16(8-3-1)13-19-11-6-12-20-14-17-9-4-5-10-18(17)15-21(19)20/h2-12,14-15H,13H2. The molecule has 4 aromatic rings. The first-order valence-electron chi connectivity index (χ1n) is 7.25. The molecule has 0 N–H and O–H groups in total. The Kier molecular flexibility index (Phi) is 2.93. The summed E-state index contributed by atoms with van der Waals surface area (Å²) in [5, 5.41) is 5.27. The fraction of sp³-hybridized carbons (Fsp3) is 0.0476. The second kappa shape index (κ2) is 5.06. The van der Waals surface area contributed by atoms with Gasteiger partial charge in [0.2, 0.25) is 0 Å². The van der Waals surface area contributed by atoms with Crippen molar-refractivity contribution < 1.29 is 0 Å². The highest BCUT2D eigenvalue weighted by atomic mass is 14.1. The van der Waals surface area contributed by atoms with Crippen LogP contribution in [-0.2, 0) is 6.42 Å². The molecule has 0 saturated carbocycles. The second-order valence-electron chi connectivity index (χ2n) is 5.42. The third kappa shape index (κ3) is 2.30. The molecule has 0 nitrogen and oxygen atoms in total. The Bertz CT molecular complexity index is 905. The van der Waals surface area contributed by atoms with E-state index < -0.39 is 0 Å². The minimum absolute atomic E-state index is 0.963. The lowest BCUT2D eigenvalue weighted by molar-refractivity contribution is 1.21. The zero-order valence-electron chi connectivity index (χ0n) is 11.7. The van der Waals surface area contributed by atoms with E-state index in [2.05, 4.69) is 72.8 Å². The van der Waals surface area contributed by atoms with Crippen molar-refractivity contribution in [3.8, 4) is 0 Å². The SMILES string of the molecule is [c]1ccc(Cc2cccc3cc4ccccc4cc23)cc1. The lowest BCUT2D eigenvalue weighted by atomic mass is 9.96. The molecule has 0 saturated heterocycles. The first-order valence-corrected chi connectivity index (χ1v) is 7.25. The molecule has 0 spiro atoms. The number of rotatable bonds is 2. The van der Waals surface area contributed by atoms with Crippen LogP contribution < -0.4 is 0 Å². The van der Waals surface area contributed by atoms with Crippen LogP contribution in [0.3, 0.4) is 0 Å². The van der Waals surface area contributed by atoms with Crippen LogP contribution in [0, 0.1) is 6.07 Å². The first kappa shape index (κ1) is 12.2. The van der Waals surface area contributed by atoms with Crippen LogP contribution in [0.2, 0.25) is 0 Å². The van der Waals surface area contributed by atoms with Crippen molar-refractivity contribution in [1.29, 1.82) is 0 Å². The van der Waals surface area contributed by atoms with E-state index in [9.17, 15) is 0 Å². The van der Waals surface area contributed by atoms with Crippen molar-refractivity contribution in [2.75, 3.05) is 0 Å². The van der Waals surface area contributed by atoms with E-state index in [0.717, 1.165) is 6.42 Å². The molecule has 0 amide bonds. The molecular weight excluding hydrogens is 252 g/mol. The molecule has 0 heterocycles. The van der Waals surface area contributed by atoms with Crippen LogP contribution in [0.5, 0.6) is 0 Å². The molecule has 4 rings (SSSR count). The predicted molar refractivity (Wildman–Crippen MR) is 89.5 cm³/mol. The average molecular weight is 267 g/mol. The van der Waals surface area contributed by atoms with Gasteiger partial charge in [0.25, 0.3) is 0 Å². The third-order valence-electron chi connectivity index (χ3n) is 4.02. The summed E-state index contributed by atoms with van der Waals surface area (Å²) in [5.41, 5.74) is 2.71. The third-order valence-corrected chi connectivity index (χ3v) is 4.02. The van der Waals surface area contributed by atoms with Crippen molar-refractivity contribution in [3.63, 3.8) is 0 Å². The largest absolute Gasteiger partial charge is 0.0616 e. The van der Waals surface area contributed by atoms with Crippen molar-refractivity contribution >= 4 is 21.5 Å². The Morgan fingerprint density at radius 3 is 2.19 bits per heavy atom. The fourth-order valence-electron chi connectivity index (χ4n) is 2.94. The average Bonchev–Trinajstić information content (AvgIpc) is 2.54. The van der Waals surface area contributed by atoms with E-state index in [4.69, 9.17) is 0 Å². The van der Waals surface area contributed by atoms with Crippen molar-refractivity contribution in [2.24, 2.45) is 0 Å². The molecule has 1 radical (unpaired) electrons. The van der Waals surface area contributed by atoms with Crippen LogP contribution in [0.15, 0.2) is 78.9 Å². The Balaban J connectivity index is 1.90. The Morgan fingerprint density at radius 2 is 1.38 bits per heavy atom. The van der Waals surface area contributed by atoms with Gasteiger partial charge in [-0.3, -0.25) is 0 Å². The molecule has 0 bridgehead atoms. The molecule has 0 aliphatic carbocycles. The summed E-state index contributed by atoms with van der Waals surface area (Å²) < 4.78 is 0. The predicted octanol–water partition coefficient (Wildman–Crippen LogP) is 5.38. The topological polar surface area (TPSA) is 0 Å².